The zero-order valence-electron chi connectivity index (χ0n) is 10.5. The molecule has 2 unspecified atom stereocenters. The van der Waals surface area contributed by atoms with E-state index in [9.17, 15) is 5.11 Å². The number of benzene rings is 1. The highest BCUT2D eigenvalue weighted by Gasteiger charge is 2.09. The Morgan fingerprint density at radius 1 is 1.28 bits per heavy atom. The average molecular weight is 309 g/mol. The number of aromatic nitrogens is 1. The molecule has 18 heavy (non-hydrogen) atoms. The predicted molar refractivity (Wildman–Crippen MR) is 78.8 cm³/mol. The summed E-state index contributed by atoms with van der Waals surface area (Å²) in [7, 11) is 0. The predicted octanol–water partition coefficient (Wildman–Crippen LogP) is 3.57. The molecule has 0 saturated carbocycles. The van der Waals surface area contributed by atoms with Gasteiger partial charge in [0.2, 0.25) is 0 Å². The van der Waals surface area contributed by atoms with Crippen molar-refractivity contribution >= 4 is 32.5 Å². The van der Waals surface area contributed by atoms with Crippen molar-refractivity contribution in [2.45, 2.75) is 32.4 Å². The van der Waals surface area contributed by atoms with Crippen LogP contribution in [0.3, 0.4) is 0 Å². The summed E-state index contributed by atoms with van der Waals surface area (Å²) in [5, 5.41) is 15.0. The van der Waals surface area contributed by atoms with Gasteiger partial charge in [-0.05, 0) is 32.4 Å². The number of halogens is 1. The van der Waals surface area contributed by atoms with Crippen LogP contribution in [0.15, 0.2) is 34.9 Å². The van der Waals surface area contributed by atoms with Gasteiger partial charge in [-0.3, -0.25) is 0 Å². The molecule has 1 heterocycles. The molecule has 2 aromatic rings. The number of rotatable bonds is 4. The third-order valence-electron chi connectivity index (χ3n) is 2.83. The summed E-state index contributed by atoms with van der Waals surface area (Å²) in [6.45, 7) is 3.84. The molecule has 0 saturated heterocycles. The molecule has 0 amide bonds. The van der Waals surface area contributed by atoms with Gasteiger partial charge in [0.15, 0.2) is 0 Å². The van der Waals surface area contributed by atoms with Crippen molar-refractivity contribution < 1.29 is 5.11 Å². The van der Waals surface area contributed by atoms with Crippen LogP contribution in [-0.2, 0) is 0 Å². The van der Waals surface area contributed by atoms with Gasteiger partial charge < -0.3 is 10.4 Å². The molecular weight excluding hydrogens is 292 g/mol. The number of nitrogens with zero attached hydrogens (tertiary/aromatic N) is 1. The highest BCUT2D eigenvalue weighted by molar-refractivity contribution is 9.10. The fraction of sp³-hybridized carbons (Fsp3) is 0.357. The molecule has 1 aromatic carbocycles. The van der Waals surface area contributed by atoms with E-state index in [0.717, 1.165) is 21.1 Å². The molecule has 3 nitrogen and oxygen atoms in total. The maximum atomic E-state index is 9.39. The van der Waals surface area contributed by atoms with Gasteiger partial charge in [0.1, 0.15) is 5.82 Å². The van der Waals surface area contributed by atoms with Crippen LogP contribution in [0, 0.1) is 0 Å². The molecule has 4 heteroatoms. The van der Waals surface area contributed by atoms with Crippen LogP contribution in [0.1, 0.15) is 20.3 Å². The van der Waals surface area contributed by atoms with Gasteiger partial charge in [-0.25, -0.2) is 4.98 Å². The van der Waals surface area contributed by atoms with E-state index < -0.39 is 0 Å². The molecule has 0 aliphatic rings. The fourth-order valence-electron chi connectivity index (χ4n) is 2.09. The topological polar surface area (TPSA) is 45.1 Å². The smallest absolute Gasteiger partial charge is 0.134 e. The highest BCUT2D eigenvalue weighted by atomic mass is 79.9. The number of anilines is 1. The first-order valence-electron chi connectivity index (χ1n) is 6.05. The molecule has 2 atom stereocenters. The Hall–Kier alpha value is -1.13. The molecule has 0 bridgehead atoms. The van der Waals surface area contributed by atoms with E-state index in [4.69, 9.17) is 0 Å². The summed E-state index contributed by atoms with van der Waals surface area (Å²) in [5.41, 5.74) is 0. The Bertz CT molecular complexity index is 542. The van der Waals surface area contributed by atoms with E-state index in [1.165, 1.54) is 0 Å². The minimum Gasteiger partial charge on any atom is -0.393 e. The summed E-state index contributed by atoms with van der Waals surface area (Å²) in [4.78, 5) is 4.38. The number of aliphatic hydroxyl groups is 1. The highest BCUT2D eigenvalue weighted by Crippen LogP contribution is 2.28. The van der Waals surface area contributed by atoms with E-state index in [-0.39, 0.29) is 12.1 Å². The minimum absolute atomic E-state index is 0.182. The van der Waals surface area contributed by atoms with Gasteiger partial charge in [-0.2, -0.15) is 0 Å². The standard InChI is InChI=1S/C14H17BrN2O/c1-9(8-10(2)18)17-14-12-4-3-5-13(15)11(12)6-7-16-14/h3-7,9-10,18H,8H2,1-2H3,(H,16,17). The van der Waals surface area contributed by atoms with Crippen LogP contribution >= 0.6 is 15.9 Å². The van der Waals surface area contributed by atoms with E-state index in [2.05, 4.69) is 26.2 Å². The van der Waals surface area contributed by atoms with Crippen LogP contribution in [0.4, 0.5) is 5.82 Å². The largest absolute Gasteiger partial charge is 0.393 e. The number of nitrogens with one attached hydrogen (secondary N) is 1. The quantitative estimate of drug-likeness (QED) is 0.907. The number of pyridine rings is 1. The summed E-state index contributed by atoms with van der Waals surface area (Å²) < 4.78 is 1.06. The lowest BCUT2D eigenvalue weighted by atomic mass is 10.1. The first-order valence-corrected chi connectivity index (χ1v) is 6.85. The number of aliphatic hydroxyl groups excluding tert-OH is 1. The zero-order chi connectivity index (χ0) is 13.1. The molecule has 2 N–H and O–H groups in total. The van der Waals surface area contributed by atoms with Crippen LogP contribution in [-0.4, -0.2) is 22.2 Å². The summed E-state index contributed by atoms with van der Waals surface area (Å²) in [6.07, 6.45) is 2.19. The zero-order valence-corrected chi connectivity index (χ0v) is 12.1. The summed E-state index contributed by atoms with van der Waals surface area (Å²) in [5.74, 6) is 0.863. The number of hydrogen-bond donors (Lipinski definition) is 2. The first kappa shape index (κ1) is 13.3. The fourth-order valence-corrected chi connectivity index (χ4v) is 2.59. The second-order valence-electron chi connectivity index (χ2n) is 4.62. The average Bonchev–Trinajstić information content (AvgIpc) is 2.29. The third-order valence-corrected chi connectivity index (χ3v) is 3.52. The van der Waals surface area contributed by atoms with Crippen molar-refractivity contribution in [2.75, 3.05) is 5.32 Å². The van der Waals surface area contributed by atoms with Crippen LogP contribution in [0.2, 0.25) is 0 Å². The molecular formula is C14H17BrN2O. The summed E-state index contributed by atoms with van der Waals surface area (Å²) in [6, 6.07) is 8.24. The van der Waals surface area contributed by atoms with Crippen molar-refractivity contribution in [3.8, 4) is 0 Å². The summed E-state index contributed by atoms with van der Waals surface area (Å²) >= 11 is 3.54. The van der Waals surface area contributed by atoms with E-state index in [0.29, 0.717) is 6.42 Å². The SMILES string of the molecule is CC(O)CC(C)Nc1nccc2c(Br)cccc12. The Labute approximate surface area is 115 Å². The lowest BCUT2D eigenvalue weighted by Crippen LogP contribution is -2.21. The van der Waals surface area contributed by atoms with Crippen molar-refractivity contribution in [3.05, 3.63) is 34.9 Å². The van der Waals surface area contributed by atoms with Crippen molar-refractivity contribution in [1.29, 1.82) is 0 Å². The normalized spacial score (nSPS) is 14.4. The van der Waals surface area contributed by atoms with Crippen LogP contribution < -0.4 is 5.32 Å². The molecule has 0 fully saturated rings. The number of hydrogen-bond acceptors (Lipinski definition) is 3. The lowest BCUT2D eigenvalue weighted by Gasteiger charge is -2.17. The first-order chi connectivity index (χ1) is 8.58. The molecule has 0 aliphatic heterocycles. The van der Waals surface area contributed by atoms with Crippen molar-refractivity contribution in [2.24, 2.45) is 0 Å². The Balaban J connectivity index is 2.31. The maximum absolute atomic E-state index is 9.39. The van der Waals surface area contributed by atoms with Crippen molar-refractivity contribution in [1.82, 2.24) is 4.98 Å². The Morgan fingerprint density at radius 3 is 2.78 bits per heavy atom. The van der Waals surface area contributed by atoms with E-state index in [1.807, 2.05) is 31.2 Å². The monoisotopic (exact) mass is 308 g/mol. The Morgan fingerprint density at radius 2 is 2.06 bits per heavy atom. The van der Waals surface area contributed by atoms with Crippen LogP contribution in [0.25, 0.3) is 10.8 Å². The molecule has 0 spiro atoms. The van der Waals surface area contributed by atoms with Gasteiger partial charge >= 0.3 is 0 Å². The van der Waals surface area contributed by atoms with Gasteiger partial charge in [0.25, 0.3) is 0 Å². The maximum Gasteiger partial charge on any atom is 0.134 e. The molecule has 0 radical (unpaired) electrons. The second kappa shape index (κ2) is 5.67. The van der Waals surface area contributed by atoms with Gasteiger partial charge in [0.05, 0.1) is 6.10 Å². The molecule has 2 rings (SSSR count). The lowest BCUT2D eigenvalue weighted by molar-refractivity contribution is 0.179. The van der Waals surface area contributed by atoms with Gasteiger partial charge in [-0.15, -0.1) is 0 Å². The van der Waals surface area contributed by atoms with Gasteiger partial charge in [-0.1, -0.05) is 28.1 Å². The number of fused-ring (bicyclic) bond motifs is 1. The van der Waals surface area contributed by atoms with E-state index in [1.54, 1.807) is 13.1 Å². The third kappa shape index (κ3) is 3.00. The van der Waals surface area contributed by atoms with Crippen LogP contribution in [0.5, 0.6) is 0 Å². The van der Waals surface area contributed by atoms with Gasteiger partial charge in [0, 0.05) is 27.5 Å². The minimum atomic E-state index is -0.311. The van der Waals surface area contributed by atoms with E-state index >= 15 is 0 Å². The molecule has 1 aromatic heterocycles. The van der Waals surface area contributed by atoms with Crippen molar-refractivity contribution in [3.63, 3.8) is 0 Å². The molecule has 0 aliphatic carbocycles. The second-order valence-corrected chi connectivity index (χ2v) is 5.48. The Kier molecular flexibility index (Phi) is 4.19. The molecule has 96 valence electrons.